The van der Waals surface area contributed by atoms with E-state index in [1.165, 1.54) is 24.3 Å². The van der Waals surface area contributed by atoms with Gasteiger partial charge in [-0.1, -0.05) is 11.8 Å². The van der Waals surface area contributed by atoms with Crippen molar-refractivity contribution in [3.8, 4) is 5.75 Å². The van der Waals surface area contributed by atoms with Crippen LogP contribution in [0.15, 0.2) is 24.3 Å². The molecule has 0 fully saturated rings. The molecule has 0 radical (unpaired) electrons. The van der Waals surface area contributed by atoms with Gasteiger partial charge >= 0.3 is 0 Å². The van der Waals surface area contributed by atoms with Crippen LogP contribution < -0.4 is 4.89 Å². The average Bonchev–Trinajstić information content (AvgIpc) is 2.30. The van der Waals surface area contributed by atoms with E-state index in [9.17, 15) is 15.0 Å². The maximum absolute atomic E-state index is 10.8. The summed E-state index contributed by atoms with van der Waals surface area (Å²) in [6.07, 6.45) is 0. The van der Waals surface area contributed by atoms with Crippen LogP contribution in [-0.2, 0) is 20.9 Å². The SMILES string of the molecule is CCOP([O-])(=S)OCC.O=[N+]([O-])c1ccc(O)cc1. The van der Waals surface area contributed by atoms with Gasteiger partial charge in [-0.15, -0.1) is 0 Å². The van der Waals surface area contributed by atoms with Crippen molar-refractivity contribution in [2.45, 2.75) is 13.8 Å². The van der Waals surface area contributed by atoms with E-state index in [1.807, 2.05) is 0 Å². The quantitative estimate of drug-likeness (QED) is 0.503. The fraction of sp³-hybridized carbons (Fsp3) is 0.400. The highest BCUT2D eigenvalue weighted by molar-refractivity contribution is 8.06. The molecule has 0 saturated carbocycles. The molecule has 1 aromatic carbocycles. The Labute approximate surface area is 116 Å². The topological polar surface area (TPSA) is 105 Å². The predicted molar refractivity (Wildman–Crippen MR) is 72.3 cm³/mol. The zero-order valence-corrected chi connectivity index (χ0v) is 12.2. The maximum atomic E-state index is 10.8. The lowest BCUT2D eigenvalue weighted by molar-refractivity contribution is -0.384. The fourth-order valence-electron chi connectivity index (χ4n) is 0.928. The molecular formula is C10H15NO6PS-. The van der Waals surface area contributed by atoms with Crippen LogP contribution >= 0.6 is 6.72 Å². The van der Waals surface area contributed by atoms with Crippen LogP contribution in [0.4, 0.5) is 5.69 Å². The van der Waals surface area contributed by atoms with E-state index in [4.69, 9.17) is 5.11 Å². The number of hydrogen-bond acceptors (Lipinski definition) is 7. The molecule has 9 heteroatoms. The Morgan fingerprint density at radius 2 is 1.68 bits per heavy atom. The summed E-state index contributed by atoms with van der Waals surface area (Å²) >= 11 is 4.45. The highest BCUT2D eigenvalue weighted by Gasteiger charge is 2.01. The first-order valence-corrected chi connectivity index (χ1v) is 7.91. The monoisotopic (exact) mass is 308 g/mol. The number of rotatable bonds is 5. The normalized spacial score (nSPS) is 10.5. The first-order chi connectivity index (χ1) is 8.82. The minimum atomic E-state index is -3.11. The van der Waals surface area contributed by atoms with E-state index < -0.39 is 11.6 Å². The molecule has 0 aromatic heterocycles. The third-order valence-electron chi connectivity index (χ3n) is 1.63. The van der Waals surface area contributed by atoms with Crippen LogP contribution in [0.3, 0.4) is 0 Å². The van der Waals surface area contributed by atoms with Gasteiger partial charge in [-0.25, -0.2) is 0 Å². The highest BCUT2D eigenvalue weighted by atomic mass is 32.5. The van der Waals surface area contributed by atoms with Crippen LogP contribution in [0.25, 0.3) is 0 Å². The van der Waals surface area contributed by atoms with Gasteiger partial charge in [-0.2, -0.15) is 0 Å². The molecule has 7 nitrogen and oxygen atoms in total. The van der Waals surface area contributed by atoms with Crippen molar-refractivity contribution in [3.63, 3.8) is 0 Å². The number of phenols is 1. The number of aromatic hydroxyl groups is 1. The first kappa shape index (κ1) is 17.9. The van der Waals surface area contributed by atoms with Crippen LogP contribution in [0.2, 0.25) is 0 Å². The molecule has 108 valence electrons. The first-order valence-electron chi connectivity index (χ1n) is 5.36. The molecule has 0 unspecified atom stereocenters. The van der Waals surface area contributed by atoms with E-state index >= 15 is 0 Å². The van der Waals surface area contributed by atoms with Crippen molar-refractivity contribution in [3.05, 3.63) is 34.4 Å². The minimum absolute atomic E-state index is 0.0159. The van der Waals surface area contributed by atoms with Gasteiger partial charge in [0.1, 0.15) is 12.5 Å². The van der Waals surface area contributed by atoms with Gasteiger partial charge in [0.25, 0.3) is 5.69 Å². The Hall–Kier alpha value is -1.05. The smallest absolute Gasteiger partial charge is 0.269 e. The van der Waals surface area contributed by atoms with Crippen LogP contribution in [0.5, 0.6) is 5.75 Å². The van der Waals surface area contributed by atoms with Gasteiger partial charge in [0.2, 0.25) is 0 Å². The number of phenolic OH excluding ortho intramolecular Hbond substituents is 1. The Bertz CT molecular complexity index is 428. The zero-order valence-electron chi connectivity index (χ0n) is 10.5. The molecule has 19 heavy (non-hydrogen) atoms. The van der Waals surface area contributed by atoms with Gasteiger partial charge in [-0.3, -0.25) is 10.1 Å². The molecule has 0 amide bonds. The van der Waals surface area contributed by atoms with E-state index in [0.29, 0.717) is 13.2 Å². The predicted octanol–water partition coefficient (Wildman–Crippen LogP) is 1.94. The van der Waals surface area contributed by atoms with Gasteiger partial charge in [0.15, 0.2) is 0 Å². The highest BCUT2D eigenvalue weighted by Crippen LogP contribution is 2.37. The molecule has 0 spiro atoms. The lowest BCUT2D eigenvalue weighted by Crippen LogP contribution is -2.07. The molecule has 0 aliphatic heterocycles. The summed E-state index contributed by atoms with van der Waals surface area (Å²) in [5.41, 5.74) is -0.0159. The summed E-state index contributed by atoms with van der Waals surface area (Å²) in [6.45, 7) is 0.999. The van der Waals surface area contributed by atoms with Crippen molar-refractivity contribution in [1.29, 1.82) is 0 Å². The fourth-order valence-corrected chi connectivity index (χ4v) is 2.27. The molecular weight excluding hydrogens is 293 g/mol. The second-order valence-corrected chi connectivity index (χ2v) is 5.81. The summed E-state index contributed by atoms with van der Waals surface area (Å²) in [5.74, 6) is 0.0330. The number of nitrogens with zero attached hydrogens (tertiary/aromatic N) is 1. The Balaban J connectivity index is 0.000000344. The summed E-state index contributed by atoms with van der Waals surface area (Å²) in [4.78, 5) is 20.3. The summed E-state index contributed by atoms with van der Waals surface area (Å²) in [7, 11) is 0. The second-order valence-electron chi connectivity index (χ2n) is 3.06. The molecule has 1 rings (SSSR count). The number of non-ortho nitro benzene ring substituents is 1. The molecule has 0 heterocycles. The third kappa shape index (κ3) is 8.63. The van der Waals surface area contributed by atoms with Crippen molar-refractivity contribution in [1.82, 2.24) is 0 Å². The summed E-state index contributed by atoms with van der Waals surface area (Å²) in [5, 5.41) is 18.8. The third-order valence-corrected chi connectivity index (χ3v) is 3.42. The lowest BCUT2D eigenvalue weighted by Gasteiger charge is -2.25. The standard InChI is InChI=1S/C6H5NO3.C4H11O3PS/c8-6-3-1-5(2-4-6)7(9)10;1-3-6-8(5,9)7-4-2/h1-4,8H;3-4H2,1-2H3,(H,5,9)/p-1. The van der Waals surface area contributed by atoms with E-state index in [0.717, 1.165) is 0 Å². The van der Waals surface area contributed by atoms with Crippen LogP contribution in [0.1, 0.15) is 13.8 Å². The maximum Gasteiger partial charge on any atom is 0.269 e. The number of nitro benzene ring substituents is 1. The Kier molecular flexibility index (Phi) is 8.46. The molecule has 0 bridgehead atoms. The Morgan fingerprint density at radius 1 is 1.26 bits per heavy atom. The lowest BCUT2D eigenvalue weighted by atomic mass is 10.3. The minimum Gasteiger partial charge on any atom is -0.780 e. The van der Waals surface area contributed by atoms with E-state index in [2.05, 4.69) is 20.9 Å². The molecule has 0 atom stereocenters. The van der Waals surface area contributed by atoms with Crippen molar-refractivity contribution in [2.75, 3.05) is 13.2 Å². The second kappa shape index (κ2) is 8.95. The van der Waals surface area contributed by atoms with E-state index in [1.54, 1.807) is 13.8 Å². The Morgan fingerprint density at radius 3 is 2.00 bits per heavy atom. The van der Waals surface area contributed by atoms with E-state index in [-0.39, 0.29) is 11.4 Å². The summed E-state index contributed by atoms with van der Waals surface area (Å²) < 4.78 is 9.24. The molecule has 0 saturated heterocycles. The molecule has 1 N–H and O–H groups in total. The average molecular weight is 308 g/mol. The largest absolute Gasteiger partial charge is 0.780 e. The molecule has 0 aliphatic rings. The number of benzene rings is 1. The number of hydrogen-bond donors (Lipinski definition) is 1. The van der Waals surface area contributed by atoms with Crippen molar-refractivity contribution >= 4 is 24.2 Å². The van der Waals surface area contributed by atoms with Crippen molar-refractivity contribution < 1.29 is 24.0 Å². The molecule has 1 aromatic rings. The molecule has 0 aliphatic carbocycles. The van der Waals surface area contributed by atoms with Gasteiger partial charge in [0, 0.05) is 12.1 Å². The zero-order chi connectivity index (χ0) is 14.9. The van der Waals surface area contributed by atoms with Crippen LogP contribution in [0, 0.1) is 10.1 Å². The van der Waals surface area contributed by atoms with Gasteiger partial charge < -0.3 is 19.0 Å². The van der Waals surface area contributed by atoms with Gasteiger partial charge in [-0.05, 0) is 26.0 Å². The number of nitro groups is 1. The van der Waals surface area contributed by atoms with Gasteiger partial charge in [0.05, 0.1) is 18.1 Å². The van der Waals surface area contributed by atoms with Crippen molar-refractivity contribution in [2.24, 2.45) is 0 Å². The van der Waals surface area contributed by atoms with Crippen LogP contribution in [-0.4, -0.2) is 23.2 Å². The summed E-state index contributed by atoms with van der Waals surface area (Å²) in [6, 6.07) is 5.04.